The van der Waals surface area contributed by atoms with Crippen molar-refractivity contribution >= 4 is 11.9 Å². The second kappa shape index (κ2) is 57.1. The second-order valence-corrected chi connectivity index (χ2v) is 17.5. The highest BCUT2D eigenvalue weighted by atomic mass is 16.6. The largest absolute Gasteiger partial charge is 0.462 e. The Hall–Kier alpha value is -4.22. The Morgan fingerprint density at radius 2 is 0.588 bits per heavy atom. The lowest BCUT2D eigenvalue weighted by molar-refractivity contribution is -0.161. The molecule has 0 spiro atoms. The highest BCUT2D eigenvalue weighted by Gasteiger charge is 2.16. The van der Waals surface area contributed by atoms with E-state index in [9.17, 15) is 14.7 Å². The van der Waals surface area contributed by atoms with Crippen LogP contribution in [0.15, 0.2) is 146 Å². The fraction of sp³-hybridized carbons (Fsp3) is 0.587. The summed E-state index contributed by atoms with van der Waals surface area (Å²) in [6, 6.07) is 0. The molecule has 382 valence electrons. The van der Waals surface area contributed by atoms with Crippen LogP contribution < -0.4 is 0 Å². The molecular formula is C63H100O5. The van der Waals surface area contributed by atoms with Gasteiger partial charge in [-0.05, 0) is 116 Å². The molecule has 0 heterocycles. The Morgan fingerprint density at radius 3 is 0.912 bits per heavy atom. The molecular weight excluding hydrogens is 837 g/mol. The molecule has 5 heteroatoms. The number of ether oxygens (including phenoxy) is 2. The summed E-state index contributed by atoms with van der Waals surface area (Å²) >= 11 is 0. The van der Waals surface area contributed by atoms with Crippen molar-refractivity contribution in [3.63, 3.8) is 0 Å². The molecule has 0 aliphatic carbocycles. The van der Waals surface area contributed by atoms with Gasteiger partial charge in [0.05, 0.1) is 6.61 Å². The molecule has 0 saturated heterocycles. The van der Waals surface area contributed by atoms with E-state index in [0.717, 1.165) is 116 Å². The molecule has 68 heavy (non-hydrogen) atoms. The zero-order chi connectivity index (χ0) is 49.2. The van der Waals surface area contributed by atoms with E-state index in [1.54, 1.807) is 0 Å². The number of esters is 2. The fourth-order valence-electron chi connectivity index (χ4n) is 7.09. The first-order chi connectivity index (χ1) is 33.6. The predicted molar refractivity (Wildman–Crippen MR) is 297 cm³/mol. The van der Waals surface area contributed by atoms with Crippen molar-refractivity contribution in [2.75, 3.05) is 13.2 Å². The van der Waals surface area contributed by atoms with E-state index in [2.05, 4.69) is 160 Å². The second-order valence-electron chi connectivity index (χ2n) is 17.5. The van der Waals surface area contributed by atoms with Crippen LogP contribution in [0.5, 0.6) is 0 Å². The normalized spacial score (nSPS) is 13.4. The SMILES string of the molecule is CC/C=C\C/C=C\C/C=C\C/C=C\C/C=C\C/C=C\CCCCCCCCCCCCCCCCC(=O)OC(CO)COC(=O)CCCC/C=C\C/C=C\C/C=C\C/C=C\C/C=C\C/C=C\CC. The van der Waals surface area contributed by atoms with Gasteiger partial charge in [0.15, 0.2) is 6.10 Å². The molecule has 0 amide bonds. The van der Waals surface area contributed by atoms with Crippen molar-refractivity contribution in [2.45, 2.75) is 225 Å². The molecule has 0 aromatic carbocycles. The number of hydrogen-bond donors (Lipinski definition) is 1. The van der Waals surface area contributed by atoms with Crippen LogP contribution in [0, 0.1) is 0 Å². The van der Waals surface area contributed by atoms with Crippen LogP contribution in [0.25, 0.3) is 0 Å². The van der Waals surface area contributed by atoms with Crippen LogP contribution >= 0.6 is 0 Å². The van der Waals surface area contributed by atoms with Crippen LogP contribution in [0.1, 0.15) is 219 Å². The zero-order valence-electron chi connectivity index (χ0n) is 43.6. The minimum absolute atomic E-state index is 0.0973. The summed E-state index contributed by atoms with van der Waals surface area (Å²) < 4.78 is 10.7. The van der Waals surface area contributed by atoms with Crippen molar-refractivity contribution in [3.05, 3.63) is 146 Å². The lowest BCUT2D eigenvalue weighted by atomic mass is 10.0. The molecule has 1 unspecified atom stereocenters. The van der Waals surface area contributed by atoms with Gasteiger partial charge < -0.3 is 14.6 Å². The molecule has 0 rings (SSSR count). The van der Waals surface area contributed by atoms with Crippen LogP contribution in [-0.4, -0.2) is 36.4 Å². The van der Waals surface area contributed by atoms with Gasteiger partial charge in [-0.25, -0.2) is 0 Å². The predicted octanol–water partition coefficient (Wildman–Crippen LogP) is 18.6. The molecule has 0 aromatic heterocycles. The highest BCUT2D eigenvalue weighted by Crippen LogP contribution is 2.15. The molecule has 0 aliphatic rings. The molecule has 0 fully saturated rings. The smallest absolute Gasteiger partial charge is 0.306 e. The maximum absolute atomic E-state index is 12.3. The van der Waals surface area contributed by atoms with Gasteiger partial charge in [0, 0.05) is 12.8 Å². The maximum Gasteiger partial charge on any atom is 0.306 e. The third-order valence-electron chi connectivity index (χ3n) is 11.1. The fourth-order valence-corrected chi connectivity index (χ4v) is 7.09. The van der Waals surface area contributed by atoms with Gasteiger partial charge in [0.25, 0.3) is 0 Å². The third-order valence-corrected chi connectivity index (χ3v) is 11.1. The summed E-state index contributed by atoms with van der Waals surface area (Å²) in [5.41, 5.74) is 0. The standard InChI is InChI=1S/C63H100O5/c1-3-5-7-9-11-13-15-17-19-21-23-25-26-27-28-29-30-31-32-33-34-35-36-38-40-42-44-46-48-50-52-54-56-58-63(66)68-61(59-64)60-67-62(65)57-55-53-51-49-47-45-43-41-39-37-24-22-20-18-16-14-12-10-8-6-4-2/h5-8,11-14,17-20,23-25,27-28,30-31,37,41,43,47,49,61,64H,3-4,9-10,15-16,21-22,26,29,32-36,38-40,42,44-46,48,50-60H2,1-2H3/b7-5-,8-6-,13-11-,14-12-,19-17-,20-18-,25-23-,28-27-,31-30-,37-24-,43-41-,49-47-. The Kier molecular flexibility index (Phi) is 53.6. The van der Waals surface area contributed by atoms with Crippen LogP contribution in [0.3, 0.4) is 0 Å². The monoisotopic (exact) mass is 937 g/mol. The van der Waals surface area contributed by atoms with Crippen molar-refractivity contribution in [1.29, 1.82) is 0 Å². The van der Waals surface area contributed by atoms with E-state index in [1.807, 2.05) is 0 Å². The van der Waals surface area contributed by atoms with E-state index in [0.29, 0.717) is 12.8 Å². The van der Waals surface area contributed by atoms with Gasteiger partial charge in [-0.2, -0.15) is 0 Å². The van der Waals surface area contributed by atoms with E-state index >= 15 is 0 Å². The minimum Gasteiger partial charge on any atom is -0.462 e. The number of unbranched alkanes of at least 4 members (excludes halogenated alkanes) is 16. The summed E-state index contributed by atoms with van der Waals surface area (Å²) in [6.45, 7) is 3.87. The average Bonchev–Trinajstić information content (AvgIpc) is 3.34. The highest BCUT2D eigenvalue weighted by molar-refractivity contribution is 5.70. The number of rotatable bonds is 48. The zero-order valence-corrected chi connectivity index (χ0v) is 43.6. The molecule has 0 saturated carbocycles. The number of aliphatic hydroxyl groups excluding tert-OH is 1. The lowest BCUT2D eigenvalue weighted by Crippen LogP contribution is -2.28. The van der Waals surface area contributed by atoms with E-state index in [4.69, 9.17) is 9.47 Å². The molecule has 1 N–H and O–H groups in total. The Morgan fingerprint density at radius 1 is 0.338 bits per heavy atom. The summed E-state index contributed by atoms with van der Waals surface area (Å²) in [4.78, 5) is 24.5. The van der Waals surface area contributed by atoms with Gasteiger partial charge in [-0.15, -0.1) is 0 Å². The number of carbonyl (C=O) groups is 2. The number of hydrogen-bond acceptors (Lipinski definition) is 5. The Labute approximate surface area is 418 Å². The van der Waals surface area contributed by atoms with Crippen LogP contribution in [0.4, 0.5) is 0 Å². The number of aliphatic hydroxyl groups is 1. The summed E-state index contributed by atoms with van der Waals surface area (Å²) in [7, 11) is 0. The first-order valence-corrected chi connectivity index (χ1v) is 27.4. The average molecular weight is 937 g/mol. The Bertz CT molecular complexity index is 1480. The van der Waals surface area contributed by atoms with Crippen molar-refractivity contribution in [3.8, 4) is 0 Å². The maximum atomic E-state index is 12.3. The van der Waals surface area contributed by atoms with Gasteiger partial charge >= 0.3 is 11.9 Å². The lowest BCUT2D eigenvalue weighted by Gasteiger charge is -2.15. The van der Waals surface area contributed by atoms with Crippen molar-refractivity contribution < 1.29 is 24.2 Å². The molecule has 0 aliphatic heterocycles. The summed E-state index contributed by atoms with van der Waals surface area (Å²) in [5.74, 6) is -0.650. The van der Waals surface area contributed by atoms with Crippen molar-refractivity contribution in [1.82, 2.24) is 0 Å². The first kappa shape index (κ1) is 63.8. The van der Waals surface area contributed by atoms with E-state index in [-0.39, 0.29) is 25.2 Å². The molecule has 0 radical (unpaired) electrons. The molecule has 0 aromatic rings. The van der Waals surface area contributed by atoms with Gasteiger partial charge in [-0.1, -0.05) is 237 Å². The topological polar surface area (TPSA) is 72.8 Å². The third kappa shape index (κ3) is 54.4. The Balaban J connectivity index is 3.59. The van der Waals surface area contributed by atoms with E-state index < -0.39 is 6.10 Å². The van der Waals surface area contributed by atoms with Gasteiger partial charge in [-0.3, -0.25) is 9.59 Å². The van der Waals surface area contributed by atoms with Crippen LogP contribution in [-0.2, 0) is 19.1 Å². The van der Waals surface area contributed by atoms with Crippen LogP contribution in [0.2, 0.25) is 0 Å². The van der Waals surface area contributed by atoms with Crippen molar-refractivity contribution in [2.24, 2.45) is 0 Å². The minimum atomic E-state index is -0.802. The van der Waals surface area contributed by atoms with Gasteiger partial charge in [0.1, 0.15) is 6.61 Å². The molecule has 1 atom stereocenters. The number of allylic oxidation sites excluding steroid dienone is 24. The summed E-state index contributed by atoms with van der Waals surface area (Å²) in [6.07, 6.45) is 86.7. The molecule has 0 bridgehead atoms. The molecule has 5 nitrogen and oxygen atoms in total. The quantitative estimate of drug-likeness (QED) is 0.0374. The van der Waals surface area contributed by atoms with E-state index in [1.165, 1.54) is 77.0 Å². The van der Waals surface area contributed by atoms with Gasteiger partial charge in [0.2, 0.25) is 0 Å². The number of carbonyl (C=O) groups excluding carboxylic acids is 2. The first-order valence-electron chi connectivity index (χ1n) is 27.4. The summed E-state index contributed by atoms with van der Waals surface area (Å²) in [5, 5.41) is 9.64.